The van der Waals surface area contributed by atoms with Crippen LogP contribution in [0.5, 0.6) is 0 Å². The van der Waals surface area contributed by atoms with E-state index in [1.807, 2.05) is 24.3 Å². The van der Waals surface area contributed by atoms with Gasteiger partial charge in [0.1, 0.15) is 0 Å². The molecule has 1 fully saturated rings. The van der Waals surface area contributed by atoms with Gasteiger partial charge in [-0.05, 0) is 18.9 Å². The van der Waals surface area contributed by atoms with Gasteiger partial charge in [-0.25, -0.2) is 4.79 Å². The van der Waals surface area contributed by atoms with Crippen LogP contribution in [0.1, 0.15) is 31.4 Å². The van der Waals surface area contributed by atoms with Crippen molar-refractivity contribution in [1.82, 2.24) is 14.9 Å². The predicted octanol–water partition coefficient (Wildman–Crippen LogP) is 2.87. The third-order valence-electron chi connectivity index (χ3n) is 3.58. The first-order valence-corrected chi connectivity index (χ1v) is 8.81. The maximum Gasteiger partial charge on any atom is 0.324 e. The third kappa shape index (κ3) is 6.08. The number of imide groups is 1. The molecule has 0 radical (unpaired) electrons. The Labute approximate surface area is 141 Å². The van der Waals surface area contributed by atoms with Gasteiger partial charge in [-0.2, -0.15) is 0 Å². The lowest BCUT2D eigenvalue weighted by atomic mass is 10.1. The molecule has 0 aliphatic carbocycles. The summed E-state index contributed by atoms with van der Waals surface area (Å²) in [5, 5.41) is 2.32. The highest BCUT2D eigenvalue weighted by molar-refractivity contribution is 7.97. The minimum atomic E-state index is -0.293. The number of allylic oxidation sites excluding steroid dienone is 1. The number of benzene rings is 1. The lowest BCUT2D eigenvalue weighted by Gasteiger charge is -2.25. The summed E-state index contributed by atoms with van der Waals surface area (Å²) in [6.07, 6.45) is 5.38. The summed E-state index contributed by atoms with van der Waals surface area (Å²) in [5.41, 5.74) is 1.28. The van der Waals surface area contributed by atoms with E-state index in [4.69, 9.17) is 0 Å². The minimum absolute atomic E-state index is 0.190. The first-order valence-electron chi connectivity index (χ1n) is 7.83. The van der Waals surface area contributed by atoms with E-state index in [2.05, 4.69) is 35.2 Å². The van der Waals surface area contributed by atoms with Crippen LogP contribution in [0.25, 0.3) is 0 Å². The number of urea groups is 1. The van der Waals surface area contributed by atoms with Crippen molar-refractivity contribution in [1.29, 1.82) is 0 Å². The number of amides is 3. The van der Waals surface area contributed by atoms with Crippen LogP contribution in [0.3, 0.4) is 0 Å². The van der Waals surface area contributed by atoms with Crippen LogP contribution < -0.4 is 10.0 Å². The molecule has 0 saturated carbocycles. The molecule has 1 unspecified atom stereocenters. The van der Waals surface area contributed by atoms with Crippen molar-refractivity contribution in [2.75, 3.05) is 18.8 Å². The van der Waals surface area contributed by atoms with Gasteiger partial charge in [0.15, 0.2) is 0 Å². The van der Waals surface area contributed by atoms with Gasteiger partial charge in [0.2, 0.25) is 5.91 Å². The maximum atomic E-state index is 11.5. The summed E-state index contributed by atoms with van der Waals surface area (Å²) in [5.74, 6) is 0.781. The Hall–Kier alpha value is -1.79. The molecule has 0 aromatic heterocycles. The molecule has 23 heavy (non-hydrogen) atoms. The Morgan fingerprint density at radius 3 is 2.83 bits per heavy atom. The van der Waals surface area contributed by atoms with Gasteiger partial charge < -0.3 is 4.90 Å². The van der Waals surface area contributed by atoms with E-state index in [1.165, 1.54) is 5.56 Å². The zero-order valence-corrected chi connectivity index (χ0v) is 14.1. The molecule has 2 rings (SSSR count). The molecule has 6 heteroatoms. The van der Waals surface area contributed by atoms with E-state index in [9.17, 15) is 9.59 Å². The average Bonchev–Trinajstić information content (AvgIpc) is 2.56. The topological polar surface area (TPSA) is 61.4 Å². The smallest absolute Gasteiger partial charge is 0.320 e. The van der Waals surface area contributed by atoms with Crippen molar-refractivity contribution in [3.63, 3.8) is 0 Å². The summed E-state index contributed by atoms with van der Waals surface area (Å²) >= 11 is 1.70. The molecule has 1 saturated heterocycles. The highest BCUT2D eigenvalue weighted by atomic mass is 32.2. The molecule has 1 heterocycles. The molecule has 1 atom stereocenters. The molecule has 0 spiro atoms. The first-order chi connectivity index (χ1) is 11.2. The molecule has 124 valence electrons. The summed E-state index contributed by atoms with van der Waals surface area (Å²) in [4.78, 5) is 24.2. The van der Waals surface area contributed by atoms with Crippen LogP contribution in [0, 0.1) is 0 Å². The zero-order valence-electron chi connectivity index (χ0n) is 13.3. The van der Waals surface area contributed by atoms with Crippen molar-refractivity contribution in [2.45, 2.75) is 25.8 Å². The van der Waals surface area contributed by atoms with E-state index in [0.29, 0.717) is 25.6 Å². The number of carbonyl (C=O) groups excluding carboxylic acids is 2. The number of carbonyl (C=O) groups is 2. The number of hydrogen-bond donors (Lipinski definition) is 2. The van der Waals surface area contributed by atoms with Crippen LogP contribution in [0.15, 0.2) is 42.5 Å². The molecule has 1 aromatic carbocycles. The van der Waals surface area contributed by atoms with E-state index >= 15 is 0 Å². The summed E-state index contributed by atoms with van der Waals surface area (Å²) in [7, 11) is 0. The summed E-state index contributed by atoms with van der Waals surface area (Å²) in [6, 6.07) is 10.4. The average molecular weight is 333 g/mol. The largest absolute Gasteiger partial charge is 0.324 e. The summed E-state index contributed by atoms with van der Waals surface area (Å²) < 4.78 is 3.42. The van der Waals surface area contributed by atoms with Gasteiger partial charge in [-0.15, -0.1) is 0 Å². The highest BCUT2D eigenvalue weighted by Gasteiger charge is 2.21. The van der Waals surface area contributed by atoms with Gasteiger partial charge in [-0.3, -0.25) is 14.8 Å². The van der Waals surface area contributed by atoms with Crippen LogP contribution in [0.4, 0.5) is 4.79 Å². The molecule has 0 bridgehead atoms. The van der Waals surface area contributed by atoms with E-state index in [-0.39, 0.29) is 11.9 Å². The Kier molecular flexibility index (Phi) is 7.16. The third-order valence-corrected chi connectivity index (χ3v) is 4.54. The highest BCUT2D eigenvalue weighted by Crippen LogP contribution is 2.14. The fourth-order valence-corrected chi connectivity index (χ4v) is 2.97. The number of nitrogens with zero attached hydrogens (tertiary/aromatic N) is 1. The fourth-order valence-electron chi connectivity index (χ4n) is 2.21. The quantitative estimate of drug-likeness (QED) is 0.436. The Bertz CT molecular complexity index is 548. The van der Waals surface area contributed by atoms with Gasteiger partial charge in [0, 0.05) is 31.3 Å². The number of nitrogens with one attached hydrogen (secondary N) is 2. The van der Waals surface area contributed by atoms with E-state index in [1.54, 1.807) is 16.8 Å². The second kappa shape index (κ2) is 9.37. The van der Waals surface area contributed by atoms with Crippen molar-refractivity contribution < 1.29 is 9.59 Å². The number of rotatable bonds is 8. The molecule has 1 aliphatic rings. The first kappa shape index (κ1) is 17.6. The van der Waals surface area contributed by atoms with Crippen LogP contribution in [-0.2, 0) is 4.79 Å². The van der Waals surface area contributed by atoms with Gasteiger partial charge in [0.05, 0.1) is 0 Å². The minimum Gasteiger partial charge on any atom is -0.320 e. The van der Waals surface area contributed by atoms with Crippen molar-refractivity contribution in [2.24, 2.45) is 0 Å². The van der Waals surface area contributed by atoms with Crippen LogP contribution in [0.2, 0.25) is 0 Å². The van der Waals surface area contributed by atoms with Gasteiger partial charge in [-0.1, -0.05) is 54.4 Å². The molecule has 1 aliphatic heterocycles. The zero-order chi connectivity index (χ0) is 16.5. The van der Waals surface area contributed by atoms with Crippen LogP contribution >= 0.6 is 11.9 Å². The van der Waals surface area contributed by atoms with E-state index < -0.39 is 0 Å². The van der Waals surface area contributed by atoms with Crippen molar-refractivity contribution >= 4 is 23.9 Å². The normalized spacial score (nSPS) is 16.7. The van der Waals surface area contributed by atoms with Crippen LogP contribution in [-0.4, -0.2) is 35.7 Å². The molecule has 3 amide bonds. The predicted molar refractivity (Wildman–Crippen MR) is 93.9 cm³/mol. The maximum absolute atomic E-state index is 11.5. The fraction of sp³-hybridized carbons (Fsp3) is 0.412. The SMILES string of the molecule is CC(NSCC/C=C\CN1CCC(=O)NC1=O)c1ccccc1. The Morgan fingerprint density at radius 2 is 2.09 bits per heavy atom. The molecule has 5 nitrogen and oxygen atoms in total. The monoisotopic (exact) mass is 333 g/mol. The second-order valence-electron chi connectivity index (χ2n) is 5.41. The number of hydrogen-bond acceptors (Lipinski definition) is 4. The van der Waals surface area contributed by atoms with Crippen molar-refractivity contribution in [3.05, 3.63) is 48.0 Å². The Balaban J connectivity index is 1.57. The second-order valence-corrected chi connectivity index (χ2v) is 6.34. The lowest BCUT2D eigenvalue weighted by Crippen LogP contribution is -2.49. The molecular weight excluding hydrogens is 310 g/mol. The standard InChI is InChI=1S/C17H23N3O2S/c1-14(15-8-4-2-5-9-15)19-23-13-7-3-6-11-20-12-10-16(21)18-17(20)22/h2-6,8-9,14,19H,7,10-13H2,1H3,(H,18,21,22)/b6-3-. The van der Waals surface area contributed by atoms with Gasteiger partial charge in [0.25, 0.3) is 0 Å². The molecule has 2 N–H and O–H groups in total. The molecule has 1 aromatic rings. The van der Waals surface area contributed by atoms with E-state index in [0.717, 1.165) is 12.2 Å². The molecular formula is C17H23N3O2S. The van der Waals surface area contributed by atoms with Crippen molar-refractivity contribution in [3.8, 4) is 0 Å². The van der Waals surface area contributed by atoms with Gasteiger partial charge >= 0.3 is 6.03 Å². The summed E-state index contributed by atoms with van der Waals surface area (Å²) in [6.45, 7) is 3.20. The Morgan fingerprint density at radius 1 is 1.30 bits per heavy atom. The lowest BCUT2D eigenvalue weighted by molar-refractivity contribution is -0.121.